The molecule has 190 valence electrons. The van der Waals surface area contributed by atoms with Gasteiger partial charge >= 0.3 is 5.97 Å². The number of carboxylic acids is 1. The average Bonchev–Trinajstić information content (AvgIpc) is 2.74. The van der Waals surface area contributed by atoms with E-state index in [0.29, 0.717) is 25.5 Å². The molecule has 0 radical (unpaired) electrons. The second-order valence-corrected chi connectivity index (χ2v) is 10.7. The number of hydrogen-bond acceptors (Lipinski definition) is 5. The number of rotatable bonds is 6. The van der Waals surface area contributed by atoms with E-state index in [9.17, 15) is 14.7 Å². The first-order chi connectivity index (χ1) is 16.3. The maximum absolute atomic E-state index is 12.8. The standard InChI is InChI=1S/C28H38N2O5/c1-17(2)25-19(10-9-11-23(25)35-13-12-34-18(3)4)26-21-14-22(31)20(27(32)33)15-30(21)24(16-29(26)8)28(5,6)7/h9-11,14-15,18,24H,12-13,16H2,1-8H3,(H,32,33)/b26-19-. The van der Waals surface area contributed by atoms with Crippen LogP contribution in [0.5, 0.6) is 5.75 Å². The molecule has 0 fully saturated rings. The Kier molecular flexibility index (Phi) is 7.80. The topological polar surface area (TPSA) is 81.0 Å². The molecule has 1 aliphatic heterocycles. The molecule has 7 heteroatoms. The van der Waals surface area contributed by atoms with E-state index >= 15 is 0 Å². The SMILES string of the molecule is CC(C)=c1c(OCCOC(C)C)ccc/c1=C1\c2cc(=O)c(C(=O)O)cn2C(C(C)(C)C)CN1C. The van der Waals surface area contributed by atoms with Crippen molar-refractivity contribution in [2.75, 3.05) is 26.8 Å². The van der Waals surface area contributed by atoms with E-state index in [-0.39, 0.29) is 23.1 Å². The zero-order chi connectivity index (χ0) is 26.1. The van der Waals surface area contributed by atoms with Crippen LogP contribution in [0.4, 0.5) is 0 Å². The van der Waals surface area contributed by atoms with Crippen molar-refractivity contribution in [2.24, 2.45) is 5.41 Å². The van der Waals surface area contributed by atoms with E-state index in [1.165, 1.54) is 12.3 Å². The zero-order valence-corrected chi connectivity index (χ0v) is 22.1. The van der Waals surface area contributed by atoms with Crippen molar-refractivity contribution in [1.82, 2.24) is 9.47 Å². The van der Waals surface area contributed by atoms with Crippen molar-refractivity contribution < 1.29 is 19.4 Å². The van der Waals surface area contributed by atoms with Gasteiger partial charge in [0.2, 0.25) is 0 Å². The molecule has 1 atom stereocenters. The third-order valence-electron chi connectivity index (χ3n) is 6.29. The Labute approximate surface area is 207 Å². The van der Waals surface area contributed by atoms with Crippen molar-refractivity contribution in [3.8, 4) is 5.75 Å². The minimum Gasteiger partial charge on any atom is -0.491 e. The van der Waals surface area contributed by atoms with E-state index < -0.39 is 11.4 Å². The van der Waals surface area contributed by atoms with Crippen LogP contribution in [0, 0.1) is 5.41 Å². The minimum atomic E-state index is -1.21. The van der Waals surface area contributed by atoms with Crippen LogP contribution in [0.3, 0.4) is 0 Å². The highest BCUT2D eigenvalue weighted by Gasteiger charge is 2.35. The van der Waals surface area contributed by atoms with Gasteiger partial charge in [0.1, 0.15) is 17.9 Å². The van der Waals surface area contributed by atoms with Gasteiger partial charge in [0, 0.05) is 36.3 Å². The van der Waals surface area contributed by atoms with Gasteiger partial charge in [0.15, 0.2) is 5.43 Å². The molecule has 0 spiro atoms. The number of nitrogens with zero attached hydrogens (tertiary/aromatic N) is 2. The number of likely N-dealkylation sites (N-methyl/N-ethyl adjacent to an activating group) is 1. The second-order valence-electron chi connectivity index (χ2n) is 10.7. The number of pyridine rings is 1. The van der Waals surface area contributed by atoms with Crippen molar-refractivity contribution in [3.05, 3.63) is 62.4 Å². The third kappa shape index (κ3) is 5.61. The molecule has 0 bridgehead atoms. The Morgan fingerprint density at radius 3 is 2.46 bits per heavy atom. The quantitative estimate of drug-likeness (QED) is 0.637. The summed E-state index contributed by atoms with van der Waals surface area (Å²) < 4.78 is 13.7. The van der Waals surface area contributed by atoms with E-state index in [2.05, 4.69) is 25.7 Å². The third-order valence-corrected chi connectivity index (χ3v) is 6.29. The molecule has 2 aromatic rings. The fraction of sp³-hybridized carbons (Fsp3) is 0.500. The molecule has 1 N–H and O–H groups in total. The number of ether oxygens (including phenoxy) is 2. The van der Waals surface area contributed by atoms with Gasteiger partial charge in [-0.25, -0.2) is 4.79 Å². The van der Waals surface area contributed by atoms with E-state index in [1.54, 1.807) is 0 Å². The molecule has 0 saturated carbocycles. The van der Waals surface area contributed by atoms with Crippen molar-refractivity contribution in [3.63, 3.8) is 0 Å². The van der Waals surface area contributed by atoms with Crippen molar-refractivity contribution >= 4 is 17.2 Å². The Bertz CT molecular complexity index is 1280. The molecular formula is C28H38N2O5. The second kappa shape index (κ2) is 10.3. The van der Waals surface area contributed by atoms with E-state index in [0.717, 1.165) is 27.5 Å². The van der Waals surface area contributed by atoms with Crippen LogP contribution < -0.4 is 20.6 Å². The Balaban J connectivity index is 2.33. The van der Waals surface area contributed by atoms with Crippen LogP contribution in [-0.4, -0.2) is 53.5 Å². The highest BCUT2D eigenvalue weighted by atomic mass is 16.5. The number of fused-ring (bicyclic) bond motifs is 1. The molecule has 1 aliphatic rings. The van der Waals surface area contributed by atoms with Gasteiger partial charge in [-0.05, 0) is 39.2 Å². The van der Waals surface area contributed by atoms with Gasteiger partial charge in [0.05, 0.1) is 30.1 Å². The van der Waals surface area contributed by atoms with Crippen LogP contribution in [0.25, 0.3) is 11.3 Å². The predicted molar refractivity (Wildman–Crippen MR) is 138 cm³/mol. The summed E-state index contributed by atoms with van der Waals surface area (Å²) in [5.74, 6) is -0.458. The Morgan fingerprint density at radius 1 is 1.20 bits per heavy atom. The van der Waals surface area contributed by atoms with Gasteiger partial charge in [-0.2, -0.15) is 0 Å². The lowest BCUT2D eigenvalue weighted by molar-refractivity contribution is 0.0550. The molecule has 1 aromatic carbocycles. The van der Waals surface area contributed by atoms with Gasteiger partial charge in [-0.15, -0.1) is 0 Å². The van der Waals surface area contributed by atoms with Gasteiger partial charge < -0.3 is 24.0 Å². The lowest BCUT2D eigenvalue weighted by Gasteiger charge is -2.43. The fourth-order valence-electron chi connectivity index (χ4n) is 4.63. The van der Waals surface area contributed by atoms with Crippen LogP contribution in [-0.2, 0) is 4.74 Å². The van der Waals surface area contributed by atoms with Gasteiger partial charge in [0.25, 0.3) is 0 Å². The first kappa shape index (κ1) is 26.5. The molecule has 1 aromatic heterocycles. The number of aromatic nitrogens is 1. The molecule has 0 saturated heterocycles. The highest BCUT2D eigenvalue weighted by Crippen LogP contribution is 2.37. The van der Waals surface area contributed by atoms with Gasteiger partial charge in [-0.3, -0.25) is 4.79 Å². The molecule has 0 aliphatic carbocycles. The minimum absolute atomic E-state index is 0.0206. The first-order valence-electron chi connectivity index (χ1n) is 12.1. The first-order valence-corrected chi connectivity index (χ1v) is 12.1. The summed E-state index contributed by atoms with van der Waals surface area (Å²) in [5, 5.41) is 11.5. The van der Waals surface area contributed by atoms with Crippen LogP contribution in [0.2, 0.25) is 0 Å². The maximum atomic E-state index is 12.8. The zero-order valence-electron chi connectivity index (χ0n) is 22.1. The number of benzene rings is 1. The molecule has 0 amide bonds. The van der Waals surface area contributed by atoms with Crippen molar-refractivity contribution in [2.45, 2.75) is 60.6 Å². The summed E-state index contributed by atoms with van der Waals surface area (Å²) >= 11 is 0. The fourth-order valence-corrected chi connectivity index (χ4v) is 4.63. The van der Waals surface area contributed by atoms with E-state index in [1.807, 2.05) is 57.5 Å². The lowest BCUT2D eigenvalue weighted by atomic mass is 9.84. The highest BCUT2D eigenvalue weighted by molar-refractivity contribution is 5.87. The summed E-state index contributed by atoms with van der Waals surface area (Å²) in [5.41, 5.74) is 1.79. The summed E-state index contributed by atoms with van der Waals surface area (Å²) in [6, 6.07) is 7.37. The number of carbonyl (C=O) groups is 1. The summed E-state index contributed by atoms with van der Waals surface area (Å²) in [6.07, 6.45) is 1.64. The monoisotopic (exact) mass is 482 g/mol. The van der Waals surface area contributed by atoms with Crippen LogP contribution in [0.1, 0.15) is 70.6 Å². The Hall–Kier alpha value is -3.06. The van der Waals surface area contributed by atoms with Crippen molar-refractivity contribution in [1.29, 1.82) is 0 Å². The number of carboxylic acid groups (broad SMARTS) is 1. The smallest absolute Gasteiger partial charge is 0.341 e. The summed E-state index contributed by atoms with van der Waals surface area (Å²) in [6.45, 7) is 16.0. The molecule has 2 heterocycles. The largest absolute Gasteiger partial charge is 0.491 e. The molecular weight excluding hydrogens is 444 g/mol. The summed E-state index contributed by atoms with van der Waals surface area (Å²) in [4.78, 5) is 26.8. The molecule has 35 heavy (non-hydrogen) atoms. The lowest BCUT2D eigenvalue weighted by Crippen LogP contribution is -2.46. The number of hydrogen-bond donors (Lipinski definition) is 1. The Morgan fingerprint density at radius 2 is 1.89 bits per heavy atom. The van der Waals surface area contributed by atoms with Crippen LogP contribution >= 0.6 is 0 Å². The molecule has 1 unspecified atom stereocenters. The normalized spacial score (nSPS) is 17.4. The number of aromatic carboxylic acids is 1. The molecule has 3 rings (SSSR count). The summed E-state index contributed by atoms with van der Waals surface area (Å²) in [7, 11) is 2.02. The van der Waals surface area contributed by atoms with Crippen LogP contribution in [0.15, 0.2) is 35.3 Å². The molecule has 7 nitrogen and oxygen atoms in total. The van der Waals surface area contributed by atoms with E-state index in [4.69, 9.17) is 9.47 Å². The average molecular weight is 483 g/mol. The van der Waals surface area contributed by atoms with Gasteiger partial charge in [-0.1, -0.05) is 38.5 Å². The maximum Gasteiger partial charge on any atom is 0.341 e. The predicted octanol–water partition coefficient (Wildman–Crippen LogP) is 3.23.